The second-order valence-corrected chi connectivity index (χ2v) is 6.88. The fourth-order valence-corrected chi connectivity index (χ4v) is 3.35. The van der Waals surface area contributed by atoms with Crippen molar-refractivity contribution in [2.75, 3.05) is 29.4 Å². The second-order valence-electron chi connectivity index (χ2n) is 6.48. The molecule has 1 fully saturated rings. The van der Waals surface area contributed by atoms with E-state index < -0.39 is 5.92 Å². The Balaban J connectivity index is 1.72. The molecule has 142 valence electrons. The zero-order valence-corrected chi connectivity index (χ0v) is 15.4. The van der Waals surface area contributed by atoms with Gasteiger partial charge in [-0.3, -0.25) is 0 Å². The summed E-state index contributed by atoms with van der Waals surface area (Å²) in [5.74, 6) is -1.95. The molecule has 10 heteroatoms. The van der Waals surface area contributed by atoms with E-state index in [1.807, 2.05) is 36.1 Å². The summed E-state index contributed by atoms with van der Waals surface area (Å²) in [6, 6.07) is 7.53. The van der Waals surface area contributed by atoms with Crippen LogP contribution in [0.3, 0.4) is 0 Å². The molecule has 1 aliphatic heterocycles. The summed E-state index contributed by atoms with van der Waals surface area (Å²) in [6.07, 6.45) is -0.206. The van der Waals surface area contributed by atoms with E-state index in [0.717, 1.165) is 5.56 Å². The van der Waals surface area contributed by atoms with Crippen LogP contribution < -0.4 is 9.80 Å². The number of benzene rings is 1. The minimum Gasteiger partial charge on any atom is -0.348 e. The lowest BCUT2D eigenvalue weighted by molar-refractivity contribution is 0.0257. The van der Waals surface area contributed by atoms with Crippen LogP contribution in [0.15, 0.2) is 24.3 Å². The highest BCUT2D eigenvalue weighted by Crippen LogP contribution is 2.33. The van der Waals surface area contributed by atoms with Crippen molar-refractivity contribution >= 4 is 34.5 Å². The minimum atomic E-state index is -2.73. The lowest BCUT2D eigenvalue weighted by atomic mass is 10.2. The number of alkyl halides is 2. The molecule has 3 aromatic rings. The third-order valence-corrected chi connectivity index (χ3v) is 4.97. The van der Waals surface area contributed by atoms with Gasteiger partial charge in [-0.15, -0.1) is 5.10 Å². The molecule has 0 radical (unpaired) electrons. The molecule has 1 aliphatic rings. The average molecular weight is 394 g/mol. The van der Waals surface area contributed by atoms with Crippen LogP contribution in [0.5, 0.6) is 0 Å². The van der Waals surface area contributed by atoms with Gasteiger partial charge in [0.05, 0.1) is 6.54 Å². The van der Waals surface area contributed by atoms with Crippen molar-refractivity contribution in [2.45, 2.75) is 25.8 Å². The van der Waals surface area contributed by atoms with Crippen molar-refractivity contribution in [3.63, 3.8) is 0 Å². The molecule has 0 aliphatic carbocycles. The standard InChI is InChI=1S/C17H18ClF2N7/c1-2-26(9-11-5-3-4-6-12(11)18)16-21-14-13(23-25-24-14)15(22-16)27-8-7-17(19,20)10-27/h3-6H,2,7-10H2,1H3,(H,21,22,23,24,25). The van der Waals surface area contributed by atoms with Crippen molar-refractivity contribution < 1.29 is 8.78 Å². The summed E-state index contributed by atoms with van der Waals surface area (Å²) >= 11 is 6.27. The molecule has 0 amide bonds. The van der Waals surface area contributed by atoms with Crippen LogP contribution in [-0.4, -0.2) is 50.9 Å². The molecule has 3 heterocycles. The summed E-state index contributed by atoms with van der Waals surface area (Å²) < 4.78 is 27.4. The normalized spacial score (nSPS) is 16.2. The molecule has 2 aromatic heterocycles. The molecule has 27 heavy (non-hydrogen) atoms. The van der Waals surface area contributed by atoms with Gasteiger partial charge in [-0.1, -0.05) is 29.8 Å². The molecule has 0 saturated carbocycles. The van der Waals surface area contributed by atoms with Gasteiger partial charge >= 0.3 is 0 Å². The van der Waals surface area contributed by atoms with Crippen molar-refractivity contribution in [1.29, 1.82) is 0 Å². The highest BCUT2D eigenvalue weighted by Gasteiger charge is 2.40. The fraction of sp³-hybridized carbons (Fsp3) is 0.412. The maximum absolute atomic E-state index is 13.7. The topological polar surface area (TPSA) is 73.8 Å². The van der Waals surface area contributed by atoms with E-state index in [9.17, 15) is 8.78 Å². The quantitative estimate of drug-likeness (QED) is 0.717. The summed E-state index contributed by atoms with van der Waals surface area (Å²) in [4.78, 5) is 12.5. The Morgan fingerprint density at radius 2 is 2.07 bits per heavy atom. The summed E-state index contributed by atoms with van der Waals surface area (Å²) in [7, 11) is 0. The van der Waals surface area contributed by atoms with Gasteiger partial charge in [-0.2, -0.15) is 20.3 Å². The molecule has 0 unspecified atom stereocenters. The zero-order chi connectivity index (χ0) is 19.0. The number of fused-ring (bicyclic) bond motifs is 1. The van der Waals surface area contributed by atoms with Gasteiger partial charge in [-0.25, -0.2) is 8.78 Å². The van der Waals surface area contributed by atoms with E-state index in [-0.39, 0.29) is 19.5 Å². The maximum atomic E-state index is 13.7. The lowest BCUT2D eigenvalue weighted by Gasteiger charge is -2.24. The van der Waals surface area contributed by atoms with Crippen LogP contribution in [0.2, 0.25) is 5.02 Å². The van der Waals surface area contributed by atoms with Gasteiger partial charge in [-0.05, 0) is 18.6 Å². The first-order valence-electron chi connectivity index (χ1n) is 8.66. The first-order chi connectivity index (χ1) is 13.0. The number of halogens is 3. The highest BCUT2D eigenvalue weighted by atomic mass is 35.5. The molecule has 0 bridgehead atoms. The third kappa shape index (κ3) is 3.51. The van der Waals surface area contributed by atoms with Crippen molar-refractivity contribution in [3.8, 4) is 0 Å². The van der Waals surface area contributed by atoms with Crippen molar-refractivity contribution in [3.05, 3.63) is 34.9 Å². The smallest absolute Gasteiger partial charge is 0.266 e. The monoisotopic (exact) mass is 393 g/mol. The number of H-pyrrole nitrogens is 1. The number of hydrogen-bond acceptors (Lipinski definition) is 6. The molecule has 1 N–H and O–H groups in total. The minimum absolute atomic E-state index is 0.206. The SMILES string of the molecule is CCN(Cc1ccccc1Cl)c1nc(N2CCC(F)(F)C2)c2n[nH]nc2n1. The maximum Gasteiger partial charge on any atom is 0.266 e. The van der Waals surface area contributed by atoms with E-state index in [4.69, 9.17) is 11.6 Å². The Kier molecular flexibility index (Phi) is 4.55. The number of nitrogens with one attached hydrogen (secondary N) is 1. The largest absolute Gasteiger partial charge is 0.348 e. The highest BCUT2D eigenvalue weighted by molar-refractivity contribution is 6.31. The van der Waals surface area contributed by atoms with Gasteiger partial charge in [0.1, 0.15) is 0 Å². The Morgan fingerprint density at radius 1 is 1.26 bits per heavy atom. The summed E-state index contributed by atoms with van der Waals surface area (Å²) in [5, 5.41) is 11.2. The van der Waals surface area contributed by atoms with Crippen LogP contribution in [0.25, 0.3) is 11.2 Å². The molecule has 1 saturated heterocycles. The first-order valence-corrected chi connectivity index (χ1v) is 9.04. The van der Waals surface area contributed by atoms with Gasteiger partial charge in [0, 0.05) is 31.1 Å². The van der Waals surface area contributed by atoms with Crippen LogP contribution >= 0.6 is 11.6 Å². The average Bonchev–Trinajstić information content (AvgIpc) is 3.26. The van der Waals surface area contributed by atoms with E-state index in [1.54, 1.807) is 4.90 Å². The van der Waals surface area contributed by atoms with E-state index >= 15 is 0 Å². The number of aromatic nitrogens is 5. The number of nitrogens with zero attached hydrogens (tertiary/aromatic N) is 6. The van der Waals surface area contributed by atoms with Gasteiger partial charge in [0.2, 0.25) is 11.6 Å². The zero-order valence-electron chi connectivity index (χ0n) is 14.7. The van der Waals surface area contributed by atoms with Gasteiger partial charge in [0.25, 0.3) is 5.92 Å². The van der Waals surface area contributed by atoms with Crippen LogP contribution in [-0.2, 0) is 6.54 Å². The molecule has 7 nitrogen and oxygen atoms in total. The Bertz CT molecular complexity index is 961. The Morgan fingerprint density at radius 3 is 2.78 bits per heavy atom. The fourth-order valence-electron chi connectivity index (χ4n) is 3.16. The molecular weight excluding hydrogens is 376 g/mol. The number of aromatic amines is 1. The molecular formula is C17H18ClF2N7. The van der Waals surface area contributed by atoms with Crippen LogP contribution in [0.4, 0.5) is 20.5 Å². The molecule has 1 aromatic carbocycles. The van der Waals surface area contributed by atoms with Crippen molar-refractivity contribution in [1.82, 2.24) is 25.4 Å². The van der Waals surface area contributed by atoms with Gasteiger partial charge in [0.15, 0.2) is 11.3 Å². The molecule has 0 spiro atoms. The van der Waals surface area contributed by atoms with E-state index in [0.29, 0.717) is 41.0 Å². The lowest BCUT2D eigenvalue weighted by Crippen LogP contribution is -2.28. The van der Waals surface area contributed by atoms with Gasteiger partial charge < -0.3 is 9.80 Å². The summed E-state index contributed by atoms with van der Waals surface area (Å²) in [5.41, 5.74) is 1.67. The Hall–Kier alpha value is -2.55. The predicted octanol–water partition coefficient (Wildman–Crippen LogP) is 3.27. The van der Waals surface area contributed by atoms with Crippen molar-refractivity contribution in [2.24, 2.45) is 0 Å². The third-order valence-electron chi connectivity index (χ3n) is 4.61. The van der Waals surface area contributed by atoms with E-state index in [2.05, 4.69) is 25.4 Å². The number of hydrogen-bond donors (Lipinski definition) is 1. The van der Waals surface area contributed by atoms with E-state index in [1.165, 1.54) is 0 Å². The Labute approximate surface area is 159 Å². The predicted molar refractivity (Wildman–Crippen MR) is 99.4 cm³/mol. The van der Waals surface area contributed by atoms with Crippen LogP contribution in [0, 0.1) is 0 Å². The summed E-state index contributed by atoms with van der Waals surface area (Å²) in [6.45, 7) is 2.90. The molecule has 0 atom stereocenters. The second kappa shape index (κ2) is 6.88. The number of anilines is 2. The first kappa shape index (κ1) is 17.8. The molecule has 4 rings (SSSR count). The van der Waals surface area contributed by atoms with Crippen LogP contribution in [0.1, 0.15) is 18.9 Å². The number of rotatable bonds is 5.